The Kier molecular flexibility index (Phi) is 31.1. The summed E-state index contributed by atoms with van der Waals surface area (Å²) in [5.74, 6) is -11.2. The van der Waals surface area contributed by atoms with E-state index in [4.69, 9.17) is 42.6 Å². The van der Waals surface area contributed by atoms with Crippen molar-refractivity contribution in [3.8, 4) is 0 Å². The van der Waals surface area contributed by atoms with Gasteiger partial charge in [-0.25, -0.2) is 4.79 Å². The molecule has 0 spiro atoms. The summed E-state index contributed by atoms with van der Waals surface area (Å²) in [6, 6.07) is 4.81. The van der Waals surface area contributed by atoms with Crippen molar-refractivity contribution in [2.24, 2.45) is 41.4 Å². The van der Waals surface area contributed by atoms with Crippen molar-refractivity contribution in [2.45, 2.75) is 313 Å². The van der Waals surface area contributed by atoms with Crippen LogP contribution in [-0.2, 0) is 57.0 Å². The predicted molar refractivity (Wildman–Crippen MR) is 366 cm³/mol. The number of hydrogen-bond acceptors (Lipinski definition) is 27. The average Bonchev–Trinajstić information content (AvgIpc) is 1.26. The van der Waals surface area contributed by atoms with Crippen LogP contribution in [-0.4, -0.2) is 249 Å². The second-order valence-corrected chi connectivity index (χ2v) is 29.9. The van der Waals surface area contributed by atoms with Crippen molar-refractivity contribution in [3.63, 3.8) is 0 Å². The SMILES string of the molecule is CC(=O)O[C@H]1C[C@@H](O)C[C@H](O)C[C@@H](O)[C@@H]2O[C@H]2[C@@H](C)[C@@H]([C@@H](C)[C@@H](O)[C@H](C)[C@@H](O)[C@@H](C)[C@@H](C)O[C@H]2CC[C@H](O[C@@H]3CC[C@@H](OC(=O)C(C)C(O)/C(C)=C/c4ccc5c(c4)C(=O)C=CC5=O)[C@H](C)O3)[C@H](C)O2)OC(=O)C=C[C@H](C)[C@@H](O)C[C@H](O)C=CCC[C@@H](C)[C@@H](O)[C@H](O)[C@@]2(O)O[C@@H](C1)C[C@@H](O)[C@@H]2O. The van der Waals surface area contributed by atoms with E-state index in [1.165, 1.54) is 24.3 Å². The molecule has 1 aromatic rings. The molecule has 5 heterocycles. The number of hydrogen-bond donors (Lipinski definition) is 13. The third-order valence-corrected chi connectivity index (χ3v) is 21.6. The van der Waals surface area contributed by atoms with Gasteiger partial charge in [-0.05, 0) is 108 Å². The molecule has 32 atom stereocenters. The summed E-state index contributed by atoms with van der Waals surface area (Å²) < 4.78 is 54.6. The second kappa shape index (κ2) is 37.6. The Balaban J connectivity index is 0.935. The van der Waals surface area contributed by atoms with Crippen molar-refractivity contribution in [3.05, 3.63) is 76.9 Å². The van der Waals surface area contributed by atoms with Gasteiger partial charge in [0, 0.05) is 98.7 Å². The molecule has 27 heteroatoms. The number of allylic oxidation sites excluding steroid dienone is 3. The molecule has 0 aromatic heterocycles. The number of fused-ring (bicyclic) bond motifs is 4. The Labute approximate surface area is 597 Å². The van der Waals surface area contributed by atoms with Gasteiger partial charge in [-0.3, -0.25) is 19.2 Å². The third kappa shape index (κ3) is 22.4. The molecule has 2 unspecified atom stereocenters. The highest BCUT2D eigenvalue weighted by Crippen LogP contribution is 2.42. The van der Waals surface area contributed by atoms with Crippen molar-refractivity contribution in [1.82, 2.24) is 0 Å². The normalized spacial score (nSPS) is 39.2. The molecular formula is C75H114O27. The number of cyclic esters (lactones) is 1. The Hall–Kier alpha value is -4.83. The van der Waals surface area contributed by atoms with Crippen LogP contribution in [0.1, 0.15) is 186 Å². The first kappa shape index (κ1) is 84.4. The molecule has 4 fully saturated rings. The highest BCUT2D eigenvalue weighted by molar-refractivity contribution is 6.22. The maximum absolute atomic E-state index is 13.8. The summed E-state index contributed by atoms with van der Waals surface area (Å²) >= 11 is 0. The first-order valence-electron chi connectivity index (χ1n) is 36.3. The zero-order valence-electron chi connectivity index (χ0n) is 60.7. The maximum Gasteiger partial charge on any atom is 0.330 e. The van der Waals surface area contributed by atoms with E-state index in [9.17, 15) is 90.4 Å². The number of epoxide rings is 1. The highest BCUT2D eigenvalue weighted by Gasteiger charge is 2.57. The van der Waals surface area contributed by atoms with Crippen LogP contribution in [0.4, 0.5) is 0 Å². The Morgan fingerprint density at radius 2 is 1.27 bits per heavy atom. The number of ether oxygens (including phenoxy) is 9. The summed E-state index contributed by atoms with van der Waals surface area (Å²) in [5, 5.41) is 147. The standard InChI is InChI=1S/C75H114O27/c1-35-17-24-62(85)100-69(42(8)70-71(101-70)58(83)32-50(79)29-49(78)30-51(97-46(12)76)33-52-34-59(84)72(90)75(93,102-52)73(91)66(87)36(2)15-13-14-16-48(77)31-57(35)82)40(6)68(89)39(5)67(88)38(4)43(9)94-63-25-22-60(44(10)95-63)98-64-26-23-61(45(11)96-64)99-74(92)41(7)65(86)37(3)27-47-18-19-53-54(28-47)56(81)21-20-55(53)80/h14,16-21,24,27-28,35-36,38-45,48-52,57-61,63-73,77-79,82-84,86-91,93H,13,15,22-23,25-26,29-34H2,1-12H3/b16-14?,24-17?,37-27+/t35-,36+,38-,39+,40-,41?,42-,43+,44-,45-,48+,49-,50-,51-,52-,57-,58+,59+,60-,61+,63+,64+,65?,66+,67-,68-,69+,70-,71-,72-,73-,75-/m0/s1. The molecule has 5 aliphatic heterocycles. The monoisotopic (exact) mass is 1450 g/mol. The summed E-state index contributed by atoms with van der Waals surface area (Å²) in [6.45, 7) is 19.7. The highest BCUT2D eigenvalue weighted by atomic mass is 16.7. The molecule has 576 valence electrons. The number of carbonyl (C=O) groups is 5. The minimum atomic E-state index is -2.90. The summed E-state index contributed by atoms with van der Waals surface area (Å²) in [5.41, 5.74) is 1.61. The molecule has 0 amide bonds. The lowest BCUT2D eigenvalue weighted by Gasteiger charge is -2.47. The Bertz CT molecular complexity index is 3050. The fraction of sp³-hybridized carbons (Fsp3) is 0.747. The van der Waals surface area contributed by atoms with Gasteiger partial charge in [0.15, 0.2) is 24.1 Å². The van der Waals surface area contributed by atoms with E-state index in [2.05, 4.69) is 0 Å². The smallest absolute Gasteiger partial charge is 0.330 e. The number of benzene rings is 1. The Morgan fingerprint density at radius 3 is 1.94 bits per heavy atom. The first-order chi connectivity index (χ1) is 47.9. The van der Waals surface area contributed by atoms with E-state index in [1.54, 1.807) is 99.6 Å². The molecule has 4 saturated heterocycles. The van der Waals surface area contributed by atoms with Crippen molar-refractivity contribution in [2.75, 3.05) is 0 Å². The fourth-order valence-corrected chi connectivity index (χ4v) is 14.7. The van der Waals surface area contributed by atoms with E-state index in [0.717, 1.165) is 13.0 Å². The minimum absolute atomic E-state index is 0.157. The van der Waals surface area contributed by atoms with Gasteiger partial charge < -0.3 is 109 Å². The number of rotatable bonds is 16. The number of aliphatic hydroxyl groups is 13. The largest absolute Gasteiger partial charge is 0.462 e. The molecule has 1 aliphatic carbocycles. The van der Waals surface area contributed by atoms with Crippen LogP contribution in [0.15, 0.2) is 60.2 Å². The lowest BCUT2D eigenvalue weighted by Crippen LogP contribution is -2.67. The maximum atomic E-state index is 13.8. The fourth-order valence-electron chi connectivity index (χ4n) is 14.7. The van der Waals surface area contributed by atoms with Crippen LogP contribution in [0.25, 0.3) is 6.08 Å². The lowest BCUT2D eigenvalue weighted by molar-refractivity contribution is -0.367. The van der Waals surface area contributed by atoms with Crippen LogP contribution in [0, 0.1) is 41.4 Å². The quantitative estimate of drug-likeness (QED) is 0.0487. The molecule has 27 nitrogen and oxygen atoms in total. The van der Waals surface area contributed by atoms with Gasteiger partial charge in [-0.15, -0.1) is 0 Å². The van der Waals surface area contributed by atoms with Gasteiger partial charge >= 0.3 is 17.9 Å². The van der Waals surface area contributed by atoms with E-state index in [0.29, 0.717) is 42.4 Å². The van der Waals surface area contributed by atoms with Gasteiger partial charge in [0.25, 0.3) is 0 Å². The van der Waals surface area contributed by atoms with Crippen LogP contribution < -0.4 is 0 Å². The zero-order valence-corrected chi connectivity index (χ0v) is 60.7. The number of esters is 3. The summed E-state index contributed by atoms with van der Waals surface area (Å²) in [4.78, 5) is 64.2. The van der Waals surface area contributed by atoms with Crippen LogP contribution in [0.2, 0.25) is 0 Å². The van der Waals surface area contributed by atoms with Crippen LogP contribution >= 0.6 is 0 Å². The topological polar surface area (TPSA) is 435 Å². The predicted octanol–water partition coefficient (Wildman–Crippen LogP) is 3.51. The molecule has 13 N–H and O–H groups in total. The van der Waals surface area contributed by atoms with Gasteiger partial charge in [-0.1, -0.05) is 71.9 Å². The molecule has 102 heavy (non-hydrogen) atoms. The summed E-state index contributed by atoms with van der Waals surface area (Å²) in [6.07, 6.45) is -16.7. The van der Waals surface area contributed by atoms with Crippen molar-refractivity contribution >= 4 is 35.6 Å². The van der Waals surface area contributed by atoms with Gasteiger partial charge in [0.2, 0.25) is 5.79 Å². The van der Waals surface area contributed by atoms with Gasteiger partial charge in [0.1, 0.15) is 36.6 Å². The third-order valence-electron chi connectivity index (χ3n) is 21.6. The number of aliphatic hydroxyl groups excluding tert-OH is 12. The second-order valence-electron chi connectivity index (χ2n) is 29.9. The van der Waals surface area contributed by atoms with Gasteiger partial charge in [-0.2, -0.15) is 0 Å². The molecule has 7 rings (SSSR count). The van der Waals surface area contributed by atoms with Crippen LogP contribution in [0.5, 0.6) is 0 Å². The molecule has 0 radical (unpaired) electrons. The molecule has 2 bridgehead atoms. The Morgan fingerprint density at radius 1 is 0.637 bits per heavy atom. The summed E-state index contributed by atoms with van der Waals surface area (Å²) in [7, 11) is 0. The van der Waals surface area contributed by atoms with E-state index < -0.39 is 206 Å². The van der Waals surface area contributed by atoms with E-state index >= 15 is 0 Å². The molecule has 0 saturated carbocycles. The van der Waals surface area contributed by atoms with Crippen molar-refractivity contribution < 1.29 is 133 Å². The van der Waals surface area contributed by atoms with Crippen molar-refractivity contribution in [1.29, 1.82) is 0 Å². The van der Waals surface area contributed by atoms with E-state index in [1.807, 2.05) is 6.92 Å². The lowest BCUT2D eigenvalue weighted by atomic mass is 9.77. The van der Waals surface area contributed by atoms with Crippen LogP contribution in [0.3, 0.4) is 0 Å². The first-order valence-corrected chi connectivity index (χ1v) is 36.3. The number of ketones is 2. The minimum Gasteiger partial charge on any atom is -0.462 e. The number of carbonyl (C=O) groups excluding carboxylic acids is 5. The molecule has 1 aromatic carbocycles. The molecular weight excluding hydrogens is 1330 g/mol. The molecule has 6 aliphatic rings. The zero-order chi connectivity index (χ0) is 75.5. The van der Waals surface area contributed by atoms with Gasteiger partial charge in [0.05, 0.1) is 104 Å². The van der Waals surface area contributed by atoms with E-state index in [-0.39, 0.29) is 74.6 Å². The average molecular weight is 1450 g/mol.